The van der Waals surface area contributed by atoms with Gasteiger partial charge in [-0.3, -0.25) is 0 Å². The van der Waals surface area contributed by atoms with Crippen molar-refractivity contribution in [2.75, 3.05) is 39.2 Å². The Morgan fingerprint density at radius 2 is 1.75 bits per heavy atom. The highest BCUT2D eigenvalue weighted by Gasteiger charge is 2.42. The predicted molar refractivity (Wildman–Crippen MR) is 107 cm³/mol. The van der Waals surface area contributed by atoms with Crippen molar-refractivity contribution >= 4 is 11.7 Å². The number of anilines is 1. The van der Waals surface area contributed by atoms with Gasteiger partial charge in [0.25, 0.3) is 0 Å². The lowest BCUT2D eigenvalue weighted by Crippen LogP contribution is -2.49. The van der Waals surface area contributed by atoms with Crippen LogP contribution in [-0.2, 0) is 16.8 Å². The Morgan fingerprint density at radius 1 is 1.07 bits per heavy atom. The smallest absolute Gasteiger partial charge is 0.321 e. The van der Waals surface area contributed by atoms with Crippen molar-refractivity contribution in [2.24, 2.45) is 0 Å². The number of fused-ring (bicyclic) bond motifs is 2. The number of rotatable bonds is 3. The summed E-state index contributed by atoms with van der Waals surface area (Å²) in [5, 5.41) is 2.97. The number of carbonyl (C=O) groups is 1. The Balaban J connectivity index is 1.51. The van der Waals surface area contributed by atoms with Gasteiger partial charge in [-0.1, -0.05) is 18.2 Å². The molecule has 6 nitrogen and oxygen atoms in total. The molecule has 2 aromatic rings. The van der Waals surface area contributed by atoms with E-state index in [0.29, 0.717) is 19.7 Å². The molecule has 1 N–H and O–H groups in total. The van der Waals surface area contributed by atoms with Gasteiger partial charge in [-0.2, -0.15) is 0 Å². The fourth-order valence-electron chi connectivity index (χ4n) is 4.19. The second-order valence-corrected chi connectivity index (χ2v) is 7.24. The summed E-state index contributed by atoms with van der Waals surface area (Å²) in [5.41, 5.74) is 2.85. The average molecular weight is 382 g/mol. The summed E-state index contributed by atoms with van der Waals surface area (Å²) in [7, 11) is 3.31. The average Bonchev–Trinajstić information content (AvgIpc) is 2.74. The van der Waals surface area contributed by atoms with Crippen LogP contribution in [0.1, 0.15) is 24.0 Å². The fourth-order valence-corrected chi connectivity index (χ4v) is 4.19. The molecule has 0 saturated carbocycles. The topological polar surface area (TPSA) is 60.0 Å². The molecule has 1 fully saturated rings. The molecule has 0 bridgehead atoms. The number of ether oxygens (including phenoxy) is 3. The summed E-state index contributed by atoms with van der Waals surface area (Å²) < 4.78 is 17.3. The molecule has 0 aliphatic carbocycles. The van der Waals surface area contributed by atoms with E-state index in [1.165, 1.54) is 11.1 Å². The van der Waals surface area contributed by atoms with E-state index in [1.807, 2.05) is 41.3 Å². The van der Waals surface area contributed by atoms with Gasteiger partial charge >= 0.3 is 6.03 Å². The molecule has 0 aromatic heterocycles. The molecule has 0 radical (unpaired) electrons. The van der Waals surface area contributed by atoms with Gasteiger partial charge in [0.1, 0.15) is 0 Å². The number of benzene rings is 2. The van der Waals surface area contributed by atoms with Crippen LogP contribution >= 0.6 is 0 Å². The lowest BCUT2D eigenvalue weighted by atomic mass is 9.79. The van der Waals surface area contributed by atoms with Crippen molar-refractivity contribution < 1.29 is 19.0 Å². The van der Waals surface area contributed by atoms with Crippen LogP contribution in [-0.4, -0.2) is 44.8 Å². The predicted octanol–water partition coefficient (Wildman–Crippen LogP) is 3.80. The molecule has 2 amide bonds. The van der Waals surface area contributed by atoms with Crippen LogP contribution in [0.3, 0.4) is 0 Å². The van der Waals surface area contributed by atoms with Crippen LogP contribution in [0.25, 0.3) is 0 Å². The number of hydrogen-bond donors (Lipinski definition) is 1. The summed E-state index contributed by atoms with van der Waals surface area (Å²) in [6.07, 6.45) is 2.38. The Labute approximate surface area is 165 Å². The number of hydrogen-bond acceptors (Lipinski definition) is 4. The minimum absolute atomic E-state index is 0.0654. The molecule has 2 aromatic carbocycles. The number of amides is 2. The molecule has 28 heavy (non-hydrogen) atoms. The molecule has 2 heterocycles. The van der Waals surface area contributed by atoms with Gasteiger partial charge in [0, 0.05) is 18.8 Å². The fraction of sp³-hybridized carbons (Fsp3) is 0.409. The van der Waals surface area contributed by atoms with Crippen molar-refractivity contribution in [2.45, 2.75) is 24.9 Å². The van der Waals surface area contributed by atoms with Crippen LogP contribution < -0.4 is 14.8 Å². The Bertz CT molecular complexity index is 845. The number of methoxy groups -OCH3 is 2. The minimum Gasteiger partial charge on any atom is -0.493 e. The van der Waals surface area contributed by atoms with Gasteiger partial charge in [0.05, 0.1) is 26.4 Å². The van der Waals surface area contributed by atoms with E-state index in [1.54, 1.807) is 14.2 Å². The third-order valence-electron chi connectivity index (χ3n) is 5.73. The highest BCUT2D eigenvalue weighted by molar-refractivity contribution is 5.89. The number of piperidine rings is 1. The normalized spacial score (nSPS) is 17.7. The summed E-state index contributed by atoms with van der Waals surface area (Å²) in [6.45, 7) is 1.97. The monoisotopic (exact) mass is 382 g/mol. The third kappa shape index (κ3) is 3.40. The second-order valence-electron chi connectivity index (χ2n) is 7.24. The van der Waals surface area contributed by atoms with Crippen LogP contribution in [0.2, 0.25) is 0 Å². The number of para-hydroxylation sites is 1. The van der Waals surface area contributed by atoms with E-state index in [4.69, 9.17) is 14.2 Å². The van der Waals surface area contributed by atoms with Crippen molar-refractivity contribution in [3.05, 3.63) is 53.6 Å². The zero-order valence-electron chi connectivity index (χ0n) is 16.4. The van der Waals surface area contributed by atoms with Crippen LogP contribution in [0.5, 0.6) is 11.5 Å². The first kappa shape index (κ1) is 18.6. The van der Waals surface area contributed by atoms with Gasteiger partial charge in [-0.05, 0) is 54.7 Å². The SMILES string of the molecule is COc1cc2c(cc1OC)C1(CCN(C(=O)Nc3ccccc3)CC1)OCC2. The molecule has 4 rings (SSSR count). The van der Waals surface area contributed by atoms with Crippen molar-refractivity contribution in [1.29, 1.82) is 0 Å². The molecule has 0 unspecified atom stereocenters. The minimum atomic E-state index is -0.364. The van der Waals surface area contributed by atoms with Crippen molar-refractivity contribution in [1.82, 2.24) is 4.90 Å². The number of urea groups is 1. The molecular formula is C22H26N2O4. The maximum atomic E-state index is 12.6. The van der Waals surface area contributed by atoms with Crippen molar-refractivity contribution in [3.8, 4) is 11.5 Å². The molecule has 1 saturated heterocycles. The highest BCUT2D eigenvalue weighted by Crippen LogP contribution is 2.45. The molecule has 2 aliphatic rings. The molecule has 148 valence electrons. The lowest BCUT2D eigenvalue weighted by molar-refractivity contribution is -0.0922. The molecule has 0 atom stereocenters. The lowest BCUT2D eigenvalue weighted by Gasteiger charge is -2.45. The molecule has 1 spiro atoms. The van der Waals surface area contributed by atoms with E-state index in [-0.39, 0.29) is 11.6 Å². The molecular weight excluding hydrogens is 356 g/mol. The standard InChI is InChI=1S/C22H26N2O4/c1-26-19-14-16-8-13-28-22(18(16)15-20(19)27-2)9-11-24(12-10-22)21(25)23-17-6-4-3-5-7-17/h3-7,14-15H,8-13H2,1-2H3,(H,23,25). The van der Waals surface area contributed by atoms with Gasteiger partial charge < -0.3 is 24.4 Å². The molecule has 2 aliphatic heterocycles. The first-order valence-electron chi connectivity index (χ1n) is 9.65. The van der Waals surface area contributed by atoms with E-state index >= 15 is 0 Å². The van der Waals surface area contributed by atoms with Gasteiger partial charge in [-0.15, -0.1) is 0 Å². The quantitative estimate of drug-likeness (QED) is 0.877. The summed E-state index contributed by atoms with van der Waals surface area (Å²) in [5.74, 6) is 1.47. The summed E-state index contributed by atoms with van der Waals surface area (Å²) in [4.78, 5) is 14.5. The van der Waals surface area contributed by atoms with E-state index in [0.717, 1.165) is 36.4 Å². The highest BCUT2D eigenvalue weighted by atomic mass is 16.5. The van der Waals surface area contributed by atoms with Crippen LogP contribution in [0.4, 0.5) is 10.5 Å². The maximum absolute atomic E-state index is 12.6. The summed E-state index contributed by atoms with van der Waals surface area (Å²) >= 11 is 0. The number of likely N-dealkylation sites (tertiary alicyclic amines) is 1. The number of carbonyl (C=O) groups excluding carboxylic acids is 1. The van der Waals surface area contributed by atoms with Gasteiger partial charge in [0.2, 0.25) is 0 Å². The van der Waals surface area contributed by atoms with Gasteiger partial charge in [0.15, 0.2) is 11.5 Å². The van der Waals surface area contributed by atoms with Gasteiger partial charge in [-0.25, -0.2) is 4.79 Å². The molecule has 6 heteroatoms. The Morgan fingerprint density at radius 3 is 2.43 bits per heavy atom. The number of nitrogens with zero attached hydrogens (tertiary/aromatic N) is 1. The number of nitrogens with one attached hydrogen (secondary N) is 1. The second kappa shape index (κ2) is 7.72. The van der Waals surface area contributed by atoms with E-state index in [2.05, 4.69) is 11.4 Å². The maximum Gasteiger partial charge on any atom is 0.321 e. The third-order valence-corrected chi connectivity index (χ3v) is 5.73. The van der Waals surface area contributed by atoms with Crippen LogP contribution in [0, 0.1) is 0 Å². The summed E-state index contributed by atoms with van der Waals surface area (Å²) in [6, 6.07) is 13.6. The van der Waals surface area contributed by atoms with Crippen molar-refractivity contribution in [3.63, 3.8) is 0 Å². The van der Waals surface area contributed by atoms with E-state index < -0.39 is 0 Å². The first-order valence-corrected chi connectivity index (χ1v) is 9.65. The van der Waals surface area contributed by atoms with E-state index in [9.17, 15) is 4.79 Å². The zero-order chi connectivity index (χ0) is 19.6. The largest absolute Gasteiger partial charge is 0.493 e. The zero-order valence-corrected chi connectivity index (χ0v) is 16.4. The first-order chi connectivity index (χ1) is 13.6. The van der Waals surface area contributed by atoms with Crippen LogP contribution in [0.15, 0.2) is 42.5 Å². The Hall–Kier alpha value is -2.73. The Kier molecular flexibility index (Phi) is 5.13.